The van der Waals surface area contributed by atoms with Crippen LogP contribution in [0.5, 0.6) is 5.75 Å². The summed E-state index contributed by atoms with van der Waals surface area (Å²) in [5, 5.41) is 11.9. The molecule has 2 aliphatic rings. The van der Waals surface area contributed by atoms with Crippen LogP contribution in [0.15, 0.2) is 18.2 Å². The molecule has 0 saturated carbocycles. The number of hydrogen-bond acceptors (Lipinski definition) is 5. The summed E-state index contributed by atoms with van der Waals surface area (Å²) in [4.78, 5) is 0. The minimum Gasteiger partial charge on any atom is -0.472 e. The number of nitrogens with zero attached hydrogens (tertiary/aromatic N) is 4. The molecule has 0 N–H and O–H groups in total. The predicted molar refractivity (Wildman–Crippen MR) is 61.7 cm³/mol. The number of aryl methyl sites for hydroxylation is 1. The largest absolute Gasteiger partial charge is 0.472 e. The molecule has 1 aromatic heterocycles. The molecular formula is C12H12N4O2. The highest BCUT2D eigenvalue weighted by Gasteiger charge is 2.51. The molecule has 3 heterocycles. The third-order valence-electron chi connectivity index (χ3n) is 3.51. The van der Waals surface area contributed by atoms with Gasteiger partial charge in [0.15, 0.2) is 0 Å². The van der Waals surface area contributed by atoms with Crippen molar-refractivity contribution in [2.45, 2.75) is 18.9 Å². The third-order valence-corrected chi connectivity index (χ3v) is 3.51. The third kappa shape index (κ3) is 1.13. The van der Waals surface area contributed by atoms with Crippen LogP contribution in [0.2, 0.25) is 0 Å². The van der Waals surface area contributed by atoms with Gasteiger partial charge >= 0.3 is 0 Å². The fourth-order valence-corrected chi connectivity index (χ4v) is 2.40. The van der Waals surface area contributed by atoms with E-state index in [1.165, 1.54) is 5.56 Å². The Hall–Kier alpha value is -1.95. The van der Waals surface area contributed by atoms with Crippen LogP contribution >= 0.6 is 0 Å². The van der Waals surface area contributed by atoms with E-state index in [4.69, 9.17) is 9.47 Å². The normalized spacial score (nSPS) is 18.7. The average Bonchev–Trinajstić information content (AvgIpc) is 2.85. The van der Waals surface area contributed by atoms with Gasteiger partial charge in [-0.1, -0.05) is 13.0 Å². The number of aromatic nitrogens is 4. The van der Waals surface area contributed by atoms with Gasteiger partial charge in [-0.05, 0) is 34.5 Å². The van der Waals surface area contributed by atoms with Crippen molar-refractivity contribution in [1.82, 2.24) is 20.2 Å². The number of tetrazole rings is 1. The van der Waals surface area contributed by atoms with Gasteiger partial charge in [0, 0.05) is 0 Å². The molecule has 1 saturated heterocycles. The Morgan fingerprint density at radius 3 is 3.00 bits per heavy atom. The fraction of sp³-hybridized carbons (Fsp3) is 0.417. The molecule has 4 rings (SSSR count). The fourth-order valence-electron chi connectivity index (χ4n) is 2.40. The molecule has 92 valence electrons. The van der Waals surface area contributed by atoms with Crippen molar-refractivity contribution in [1.29, 1.82) is 0 Å². The first-order chi connectivity index (χ1) is 8.82. The Labute approximate surface area is 104 Å². The number of ether oxygens (including phenoxy) is 2. The first-order valence-electron chi connectivity index (χ1n) is 6.01. The van der Waals surface area contributed by atoms with E-state index in [-0.39, 0.29) is 0 Å². The molecule has 6 nitrogen and oxygen atoms in total. The van der Waals surface area contributed by atoms with Gasteiger partial charge in [0.05, 0.1) is 13.2 Å². The smallest absolute Gasteiger partial charge is 0.216 e. The van der Waals surface area contributed by atoms with E-state index in [1.807, 2.05) is 6.07 Å². The summed E-state index contributed by atoms with van der Waals surface area (Å²) >= 11 is 0. The van der Waals surface area contributed by atoms with E-state index in [0.29, 0.717) is 13.2 Å². The van der Waals surface area contributed by atoms with Crippen LogP contribution in [-0.4, -0.2) is 33.4 Å². The maximum Gasteiger partial charge on any atom is 0.216 e. The van der Waals surface area contributed by atoms with Gasteiger partial charge in [-0.3, -0.25) is 0 Å². The number of rotatable bonds is 1. The lowest BCUT2D eigenvalue weighted by atomic mass is 9.98. The van der Waals surface area contributed by atoms with E-state index in [1.54, 1.807) is 4.68 Å². The molecule has 6 heteroatoms. The molecule has 1 spiro atoms. The Morgan fingerprint density at radius 1 is 1.39 bits per heavy atom. The second-order valence-corrected chi connectivity index (χ2v) is 4.66. The second-order valence-electron chi connectivity index (χ2n) is 4.66. The Balaban J connectivity index is 1.93. The topological polar surface area (TPSA) is 62.1 Å². The van der Waals surface area contributed by atoms with Crippen LogP contribution in [0.1, 0.15) is 18.3 Å². The minimum atomic E-state index is -0.496. The number of hydrogen-bond donors (Lipinski definition) is 0. The lowest BCUT2D eigenvalue weighted by Crippen LogP contribution is -2.54. The van der Waals surface area contributed by atoms with Crippen molar-refractivity contribution < 1.29 is 9.47 Å². The van der Waals surface area contributed by atoms with Crippen LogP contribution in [0.25, 0.3) is 5.69 Å². The summed E-state index contributed by atoms with van der Waals surface area (Å²) in [6.07, 6.45) is 0.971. The van der Waals surface area contributed by atoms with Crippen molar-refractivity contribution in [2.75, 3.05) is 13.2 Å². The summed E-state index contributed by atoms with van der Waals surface area (Å²) in [5.74, 6) is 1.55. The van der Waals surface area contributed by atoms with Gasteiger partial charge in [0.25, 0.3) is 0 Å². The van der Waals surface area contributed by atoms with Crippen molar-refractivity contribution in [2.24, 2.45) is 0 Å². The van der Waals surface area contributed by atoms with E-state index >= 15 is 0 Å². The molecule has 18 heavy (non-hydrogen) atoms. The second kappa shape index (κ2) is 3.29. The van der Waals surface area contributed by atoms with E-state index in [2.05, 4.69) is 34.6 Å². The highest BCUT2D eigenvalue weighted by atomic mass is 16.6. The summed E-state index contributed by atoms with van der Waals surface area (Å²) in [6.45, 7) is 3.12. The maximum absolute atomic E-state index is 6.05. The summed E-state index contributed by atoms with van der Waals surface area (Å²) in [7, 11) is 0. The monoisotopic (exact) mass is 244 g/mol. The molecule has 2 aromatic rings. The maximum atomic E-state index is 6.05. The zero-order valence-electron chi connectivity index (χ0n) is 9.96. The lowest BCUT2D eigenvalue weighted by molar-refractivity contribution is -0.176. The molecule has 1 fully saturated rings. The Bertz CT molecular complexity index is 618. The zero-order valence-corrected chi connectivity index (χ0v) is 9.96. The van der Waals surface area contributed by atoms with Gasteiger partial charge in [-0.2, -0.15) is 4.68 Å². The summed E-state index contributed by atoms with van der Waals surface area (Å²) < 4.78 is 13.1. The molecular weight excluding hydrogens is 232 g/mol. The van der Waals surface area contributed by atoms with Gasteiger partial charge in [0.1, 0.15) is 11.4 Å². The van der Waals surface area contributed by atoms with Crippen LogP contribution in [0.4, 0.5) is 0 Å². The van der Waals surface area contributed by atoms with Crippen molar-refractivity contribution in [3.8, 4) is 11.4 Å². The first-order valence-corrected chi connectivity index (χ1v) is 6.01. The van der Waals surface area contributed by atoms with Crippen LogP contribution in [0, 0.1) is 0 Å². The van der Waals surface area contributed by atoms with Crippen LogP contribution < -0.4 is 4.74 Å². The van der Waals surface area contributed by atoms with Crippen LogP contribution in [-0.2, 0) is 16.8 Å². The van der Waals surface area contributed by atoms with Gasteiger partial charge < -0.3 is 9.47 Å². The minimum absolute atomic E-state index is 0.496. The highest BCUT2D eigenvalue weighted by Crippen LogP contribution is 2.41. The average molecular weight is 244 g/mol. The molecule has 0 unspecified atom stereocenters. The van der Waals surface area contributed by atoms with Gasteiger partial charge in [-0.25, -0.2) is 0 Å². The van der Waals surface area contributed by atoms with Crippen molar-refractivity contribution in [3.63, 3.8) is 0 Å². The molecule has 0 radical (unpaired) electrons. The quantitative estimate of drug-likeness (QED) is 0.744. The van der Waals surface area contributed by atoms with Crippen molar-refractivity contribution in [3.05, 3.63) is 29.6 Å². The molecule has 1 aromatic carbocycles. The highest BCUT2D eigenvalue weighted by molar-refractivity contribution is 5.52. The van der Waals surface area contributed by atoms with Gasteiger partial charge in [0.2, 0.25) is 11.4 Å². The first kappa shape index (κ1) is 10.0. The van der Waals surface area contributed by atoms with Crippen molar-refractivity contribution >= 4 is 0 Å². The van der Waals surface area contributed by atoms with E-state index in [0.717, 1.165) is 23.7 Å². The van der Waals surface area contributed by atoms with E-state index in [9.17, 15) is 0 Å². The molecule has 0 amide bonds. The predicted octanol–water partition coefficient (Wildman–Crippen LogP) is 0.843. The molecule has 0 atom stereocenters. The summed E-state index contributed by atoms with van der Waals surface area (Å²) in [5.41, 5.74) is 1.65. The SMILES string of the molecule is CCc1ccc2c(c1)-n1nnnc1C1(COC1)O2. The molecule has 0 bridgehead atoms. The number of benzene rings is 1. The van der Waals surface area contributed by atoms with Crippen LogP contribution in [0.3, 0.4) is 0 Å². The standard InChI is InChI=1S/C12H12N4O2/c1-2-8-3-4-10-9(5-8)16-11(13-14-15-16)12(18-10)6-17-7-12/h3-5H,2,6-7H2,1H3. The summed E-state index contributed by atoms with van der Waals surface area (Å²) in [6, 6.07) is 6.13. The molecule has 0 aliphatic carbocycles. The Morgan fingerprint density at radius 2 is 2.28 bits per heavy atom. The molecule has 2 aliphatic heterocycles. The Kier molecular flexibility index (Phi) is 1.83. The van der Waals surface area contributed by atoms with Gasteiger partial charge in [-0.15, -0.1) is 5.10 Å². The lowest BCUT2D eigenvalue weighted by Gasteiger charge is -2.42. The zero-order chi connectivity index (χ0) is 12.2. The van der Waals surface area contributed by atoms with E-state index < -0.39 is 5.60 Å². The number of fused-ring (bicyclic) bond motifs is 4.